The minimum absolute atomic E-state index is 0.224. The lowest BCUT2D eigenvalue weighted by Gasteiger charge is -2.22. The Bertz CT molecular complexity index is 906. The van der Waals surface area contributed by atoms with Crippen molar-refractivity contribution < 1.29 is 13.5 Å². The van der Waals surface area contributed by atoms with E-state index in [1.165, 1.54) is 13.2 Å². The number of hydrogen-bond donors (Lipinski definition) is 2. The monoisotopic (exact) mass is 372 g/mol. The predicted molar refractivity (Wildman–Crippen MR) is 98.7 cm³/mol. The number of aromatic amines is 1. The number of methoxy groups -OCH3 is 1. The molecule has 0 radical (unpaired) electrons. The molecule has 1 aromatic carbocycles. The summed E-state index contributed by atoms with van der Waals surface area (Å²) in [5, 5.41) is 10.2. The number of H-pyrrole nitrogens is 1. The summed E-state index contributed by atoms with van der Waals surface area (Å²) >= 11 is 0. The van der Waals surface area contributed by atoms with Crippen molar-refractivity contribution >= 4 is 5.96 Å². The van der Waals surface area contributed by atoms with Crippen LogP contribution >= 0.6 is 0 Å². The molecule has 0 saturated heterocycles. The number of nitrogens with zero attached hydrogens (tertiary/aromatic N) is 4. The molecule has 0 aliphatic rings. The lowest BCUT2D eigenvalue weighted by molar-refractivity contribution is 0.385. The molecule has 0 saturated carbocycles. The van der Waals surface area contributed by atoms with Crippen LogP contribution in [0.3, 0.4) is 0 Å². The molecule has 8 nitrogen and oxygen atoms in total. The molecule has 2 N–H and O–H groups in total. The molecule has 0 aliphatic carbocycles. The van der Waals surface area contributed by atoms with Crippen molar-refractivity contribution in [2.75, 3.05) is 21.2 Å². The quantitative estimate of drug-likeness (QED) is 0.510. The topological polar surface area (TPSA) is 91.6 Å². The maximum atomic E-state index is 13.9. The number of ether oxygens (including phenoxy) is 1. The van der Waals surface area contributed by atoms with Gasteiger partial charge in [-0.3, -0.25) is 10.1 Å². The molecule has 2 aromatic heterocycles. The van der Waals surface area contributed by atoms with Gasteiger partial charge in [-0.25, -0.2) is 9.37 Å². The Morgan fingerprint density at radius 2 is 2.26 bits per heavy atom. The van der Waals surface area contributed by atoms with Crippen LogP contribution in [-0.2, 0) is 13.1 Å². The molecule has 142 valence electrons. The van der Waals surface area contributed by atoms with Crippen LogP contribution in [0.15, 0.2) is 46.0 Å². The van der Waals surface area contributed by atoms with E-state index >= 15 is 0 Å². The highest BCUT2D eigenvalue weighted by molar-refractivity contribution is 5.79. The summed E-state index contributed by atoms with van der Waals surface area (Å²) in [5.41, 5.74) is 0.804. The molecule has 0 aliphatic heterocycles. The first-order chi connectivity index (χ1) is 13.1. The van der Waals surface area contributed by atoms with Gasteiger partial charge >= 0.3 is 0 Å². The Kier molecular flexibility index (Phi) is 5.70. The average molecular weight is 372 g/mol. The zero-order valence-electron chi connectivity index (χ0n) is 15.4. The van der Waals surface area contributed by atoms with E-state index in [-0.39, 0.29) is 5.75 Å². The Hall–Kier alpha value is -3.36. The second-order valence-electron chi connectivity index (χ2n) is 5.81. The van der Waals surface area contributed by atoms with E-state index in [0.717, 1.165) is 5.56 Å². The highest BCUT2D eigenvalue weighted by Crippen LogP contribution is 2.18. The molecular weight excluding hydrogens is 351 g/mol. The number of guanidine groups is 1. The molecule has 0 bridgehead atoms. The van der Waals surface area contributed by atoms with Crippen LogP contribution in [-0.4, -0.2) is 47.2 Å². The molecule has 0 spiro atoms. The molecule has 0 amide bonds. The Balaban J connectivity index is 1.59. The first kappa shape index (κ1) is 18.4. The van der Waals surface area contributed by atoms with Gasteiger partial charge in [0.05, 0.1) is 19.9 Å². The highest BCUT2D eigenvalue weighted by Gasteiger charge is 2.12. The van der Waals surface area contributed by atoms with Gasteiger partial charge < -0.3 is 19.4 Å². The standard InChI is InChI=1S/C18H21FN6O2/c1-20-18(25(2)11-12-6-7-14(26-3)13(19)9-12)21-10-16-22-17(24-23-16)15-5-4-8-27-15/h4-9H,10-11H2,1-3H3,(H,20,21)(H,22,23,24). The van der Waals surface area contributed by atoms with Gasteiger partial charge in [0.25, 0.3) is 0 Å². The fourth-order valence-electron chi connectivity index (χ4n) is 2.59. The van der Waals surface area contributed by atoms with Crippen LogP contribution < -0.4 is 10.1 Å². The van der Waals surface area contributed by atoms with Crippen molar-refractivity contribution in [2.45, 2.75) is 13.1 Å². The van der Waals surface area contributed by atoms with Crippen LogP contribution in [0.5, 0.6) is 5.75 Å². The van der Waals surface area contributed by atoms with Crippen LogP contribution in [0.1, 0.15) is 11.4 Å². The summed E-state index contributed by atoms with van der Waals surface area (Å²) in [4.78, 5) is 10.5. The Morgan fingerprint density at radius 1 is 1.41 bits per heavy atom. The third-order valence-electron chi connectivity index (χ3n) is 3.90. The summed E-state index contributed by atoms with van der Waals surface area (Å²) in [5.74, 6) is 2.21. The van der Waals surface area contributed by atoms with E-state index in [1.54, 1.807) is 31.5 Å². The van der Waals surface area contributed by atoms with Crippen molar-refractivity contribution in [1.29, 1.82) is 0 Å². The zero-order chi connectivity index (χ0) is 19.2. The lowest BCUT2D eigenvalue weighted by Crippen LogP contribution is -2.38. The molecule has 2 heterocycles. The SMILES string of the molecule is CN=C(NCc1nc(-c2ccco2)n[nH]1)N(C)Cc1ccc(OC)c(F)c1. The van der Waals surface area contributed by atoms with E-state index in [1.807, 2.05) is 18.0 Å². The van der Waals surface area contributed by atoms with Crippen LogP contribution in [0.2, 0.25) is 0 Å². The zero-order valence-corrected chi connectivity index (χ0v) is 15.4. The highest BCUT2D eigenvalue weighted by atomic mass is 19.1. The second kappa shape index (κ2) is 8.35. The number of benzene rings is 1. The maximum absolute atomic E-state index is 13.9. The van der Waals surface area contributed by atoms with E-state index in [4.69, 9.17) is 9.15 Å². The number of hydrogen-bond acceptors (Lipinski definition) is 5. The minimum Gasteiger partial charge on any atom is -0.494 e. The number of halogens is 1. The summed E-state index contributed by atoms with van der Waals surface area (Å²) in [6.07, 6.45) is 1.57. The Labute approximate surface area is 156 Å². The van der Waals surface area contributed by atoms with Crippen LogP contribution in [0, 0.1) is 5.82 Å². The van der Waals surface area contributed by atoms with Crippen LogP contribution in [0.25, 0.3) is 11.6 Å². The first-order valence-electron chi connectivity index (χ1n) is 8.30. The summed E-state index contributed by atoms with van der Waals surface area (Å²) in [7, 11) is 4.99. The predicted octanol–water partition coefficient (Wildman–Crippen LogP) is 2.42. The van der Waals surface area contributed by atoms with Gasteiger partial charge in [-0.1, -0.05) is 6.07 Å². The van der Waals surface area contributed by atoms with Gasteiger partial charge in [-0.2, -0.15) is 0 Å². The van der Waals surface area contributed by atoms with E-state index < -0.39 is 5.82 Å². The number of furan rings is 1. The van der Waals surface area contributed by atoms with E-state index in [2.05, 4.69) is 25.5 Å². The van der Waals surface area contributed by atoms with E-state index in [9.17, 15) is 4.39 Å². The molecule has 3 rings (SSSR count). The summed E-state index contributed by atoms with van der Waals surface area (Å²) in [6.45, 7) is 0.885. The van der Waals surface area contributed by atoms with Gasteiger partial charge in [0.2, 0.25) is 5.82 Å². The first-order valence-corrected chi connectivity index (χ1v) is 8.30. The van der Waals surface area contributed by atoms with Crippen LogP contribution in [0.4, 0.5) is 4.39 Å². The number of aliphatic imine (C=N–C) groups is 1. The minimum atomic E-state index is -0.390. The molecule has 9 heteroatoms. The third kappa shape index (κ3) is 4.43. The van der Waals surface area contributed by atoms with Gasteiger partial charge in [-0.15, -0.1) is 5.10 Å². The lowest BCUT2D eigenvalue weighted by atomic mass is 10.2. The van der Waals surface area contributed by atoms with Crippen molar-refractivity contribution in [1.82, 2.24) is 25.4 Å². The second-order valence-corrected chi connectivity index (χ2v) is 5.81. The number of aromatic nitrogens is 3. The smallest absolute Gasteiger partial charge is 0.216 e. The molecule has 0 unspecified atom stereocenters. The van der Waals surface area contributed by atoms with Crippen molar-refractivity contribution in [3.05, 3.63) is 53.8 Å². The largest absolute Gasteiger partial charge is 0.494 e. The normalized spacial score (nSPS) is 11.5. The van der Waals surface area contributed by atoms with E-state index in [0.29, 0.717) is 36.5 Å². The van der Waals surface area contributed by atoms with Gasteiger partial charge in [0, 0.05) is 20.6 Å². The third-order valence-corrected chi connectivity index (χ3v) is 3.90. The van der Waals surface area contributed by atoms with Crippen molar-refractivity contribution in [3.63, 3.8) is 0 Å². The summed E-state index contributed by atoms with van der Waals surface area (Å²) < 4.78 is 24.1. The number of rotatable bonds is 6. The maximum Gasteiger partial charge on any atom is 0.216 e. The van der Waals surface area contributed by atoms with Crippen molar-refractivity contribution in [2.24, 2.45) is 4.99 Å². The molecule has 27 heavy (non-hydrogen) atoms. The van der Waals surface area contributed by atoms with Gasteiger partial charge in [0.1, 0.15) is 5.82 Å². The number of nitrogens with one attached hydrogen (secondary N) is 2. The molecule has 0 atom stereocenters. The molecule has 0 fully saturated rings. The summed E-state index contributed by atoms with van der Waals surface area (Å²) in [6, 6.07) is 8.45. The molecule has 3 aromatic rings. The molecular formula is C18H21FN6O2. The van der Waals surface area contributed by atoms with Gasteiger partial charge in [-0.05, 0) is 29.8 Å². The van der Waals surface area contributed by atoms with Crippen molar-refractivity contribution in [3.8, 4) is 17.3 Å². The Morgan fingerprint density at radius 3 is 2.93 bits per heavy atom. The average Bonchev–Trinajstić information content (AvgIpc) is 3.34. The van der Waals surface area contributed by atoms with Gasteiger partial charge in [0.15, 0.2) is 23.3 Å². The fraction of sp³-hybridized carbons (Fsp3) is 0.278. The fourth-order valence-corrected chi connectivity index (χ4v) is 2.59.